The molecule has 0 saturated carbocycles. The third-order valence-corrected chi connectivity index (χ3v) is 8.45. The lowest BCUT2D eigenvalue weighted by molar-refractivity contribution is -0.148. The predicted octanol–water partition coefficient (Wildman–Crippen LogP) is 1.90. The highest BCUT2D eigenvalue weighted by Crippen LogP contribution is 2.13. The van der Waals surface area contributed by atoms with Crippen LogP contribution in [-0.4, -0.2) is 153 Å². The van der Waals surface area contributed by atoms with Crippen LogP contribution < -0.4 is 32.3 Å². The molecule has 0 spiro atoms. The van der Waals surface area contributed by atoms with E-state index in [-0.39, 0.29) is 62.9 Å². The van der Waals surface area contributed by atoms with Crippen LogP contribution in [0, 0.1) is 11.8 Å². The van der Waals surface area contributed by atoms with E-state index in [2.05, 4.69) is 40.4 Å². The fourth-order valence-electron chi connectivity index (χ4n) is 5.07. The van der Waals surface area contributed by atoms with Gasteiger partial charge in [-0.1, -0.05) is 53.7 Å². The molecular formula is C42H74N6O13. The minimum absolute atomic E-state index is 0.0141. The number of ether oxygens (including phenoxy) is 8. The Morgan fingerprint density at radius 2 is 1.10 bits per heavy atom. The van der Waals surface area contributed by atoms with Gasteiger partial charge in [-0.05, 0) is 36.5 Å². The van der Waals surface area contributed by atoms with Crippen LogP contribution >= 0.6 is 0 Å². The molecule has 0 aromatic heterocycles. The second kappa shape index (κ2) is 35.6. The first-order chi connectivity index (χ1) is 29.3. The topological polar surface area (TPSA) is 245 Å². The lowest BCUT2D eigenvalue weighted by atomic mass is 10.0. The molecule has 19 heteroatoms. The van der Waals surface area contributed by atoms with Crippen molar-refractivity contribution in [3.63, 3.8) is 0 Å². The van der Waals surface area contributed by atoms with E-state index in [1.807, 2.05) is 0 Å². The lowest BCUT2D eigenvalue weighted by Crippen LogP contribution is -2.54. The largest absolute Gasteiger partial charge is 0.461 e. The first-order valence-electron chi connectivity index (χ1n) is 21.3. The van der Waals surface area contributed by atoms with Crippen molar-refractivity contribution >= 4 is 35.4 Å². The van der Waals surface area contributed by atoms with Crippen LogP contribution in [0.5, 0.6) is 0 Å². The summed E-state index contributed by atoms with van der Waals surface area (Å²) in [7, 11) is 0. The van der Waals surface area contributed by atoms with E-state index in [0.717, 1.165) is 12.1 Å². The van der Waals surface area contributed by atoms with Gasteiger partial charge in [-0.2, -0.15) is 0 Å². The molecule has 350 valence electrons. The highest BCUT2D eigenvalue weighted by atomic mass is 16.6. The van der Waals surface area contributed by atoms with Crippen molar-refractivity contribution in [3.8, 4) is 0 Å². The van der Waals surface area contributed by atoms with Crippen LogP contribution in [0.4, 0.5) is 10.5 Å². The Kier molecular flexibility index (Phi) is 32.2. The highest BCUT2D eigenvalue weighted by Gasteiger charge is 2.29. The van der Waals surface area contributed by atoms with E-state index in [4.69, 9.17) is 43.6 Å². The monoisotopic (exact) mass is 871 g/mol. The average molecular weight is 871 g/mol. The molecular weight excluding hydrogens is 796 g/mol. The van der Waals surface area contributed by atoms with E-state index < -0.39 is 29.9 Å². The summed E-state index contributed by atoms with van der Waals surface area (Å²) >= 11 is 0. The number of nitrogens with two attached hydrogens (primary N) is 1. The van der Waals surface area contributed by atoms with E-state index >= 15 is 0 Å². The van der Waals surface area contributed by atoms with Gasteiger partial charge in [0.2, 0.25) is 17.7 Å². The van der Waals surface area contributed by atoms with Crippen molar-refractivity contribution < 1.29 is 61.9 Å². The Hall–Kier alpha value is -3.95. The predicted molar refractivity (Wildman–Crippen MR) is 229 cm³/mol. The summed E-state index contributed by atoms with van der Waals surface area (Å²) in [5.74, 6) is -2.28. The van der Waals surface area contributed by atoms with Gasteiger partial charge in [0.15, 0.2) is 0 Å². The van der Waals surface area contributed by atoms with Crippen LogP contribution in [0.15, 0.2) is 24.3 Å². The molecule has 0 heterocycles. The maximum absolute atomic E-state index is 13.4. The standard InChI is InChI=1S/C42H74N6O13/c1-31(2)38(40(51)47-36(8-7-14-45-42(43)53)39(50)46-35-11-9-34(10-12-35)30-61-41(52)32(3)4)48-37(49)13-16-54-18-20-56-22-24-58-26-28-60-29-27-59-25-23-57-21-19-55-17-15-44-33(5)6/h9-12,31-33,36,38,44H,7-8,13-30H2,1-6H3,(H,46,50)(H,47,51)(H,48,49)(H3,43,45,53)/t36-,38-/m0/s1. The SMILES string of the molecule is CC(C)NCCOCCOCCOCCOCCOCCOCCOCCC(=O)N[C@H](C(=O)N[C@@H](CCCNC(N)=O)C(=O)Nc1ccc(COC(=O)C(C)C)cc1)C(C)C. The number of rotatable bonds is 38. The van der Waals surface area contributed by atoms with Gasteiger partial charge in [-0.3, -0.25) is 19.2 Å². The Bertz CT molecular complexity index is 1340. The van der Waals surface area contributed by atoms with Gasteiger partial charge >= 0.3 is 12.0 Å². The quantitative estimate of drug-likeness (QED) is 0.0411. The maximum atomic E-state index is 13.4. The normalized spacial score (nSPS) is 12.3. The van der Waals surface area contributed by atoms with Crippen LogP contribution in [0.1, 0.15) is 66.4 Å². The van der Waals surface area contributed by atoms with Gasteiger partial charge in [-0.25, -0.2) is 4.79 Å². The molecule has 0 fully saturated rings. The van der Waals surface area contributed by atoms with Gasteiger partial charge in [-0.15, -0.1) is 0 Å². The summed E-state index contributed by atoms with van der Waals surface area (Å²) in [5.41, 5.74) is 6.37. The number of hydrogen-bond acceptors (Lipinski definition) is 14. The number of anilines is 1. The van der Waals surface area contributed by atoms with Crippen LogP contribution in [-0.2, 0) is 63.7 Å². The zero-order valence-corrected chi connectivity index (χ0v) is 37.2. The van der Waals surface area contributed by atoms with Gasteiger partial charge in [0.05, 0.1) is 98.4 Å². The molecule has 1 aromatic carbocycles. The van der Waals surface area contributed by atoms with Crippen molar-refractivity contribution in [3.05, 3.63) is 29.8 Å². The molecule has 0 bridgehead atoms. The fourth-order valence-corrected chi connectivity index (χ4v) is 5.07. The number of hydrogen-bond donors (Lipinski definition) is 6. The summed E-state index contributed by atoms with van der Waals surface area (Å²) in [5, 5.41) is 14.0. The van der Waals surface area contributed by atoms with Crippen molar-refractivity contribution in [1.82, 2.24) is 21.3 Å². The highest BCUT2D eigenvalue weighted by molar-refractivity contribution is 5.98. The summed E-state index contributed by atoms with van der Waals surface area (Å²) in [6.45, 7) is 18.4. The van der Waals surface area contributed by atoms with Crippen molar-refractivity contribution in [2.24, 2.45) is 17.6 Å². The zero-order chi connectivity index (χ0) is 45.1. The molecule has 1 aromatic rings. The number of urea groups is 1. The molecule has 61 heavy (non-hydrogen) atoms. The molecule has 7 N–H and O–H groups in total. The molecule has 0 radical (unpaired) electrons. The summed E-state index contributed by atoms with van der Waals surface area (Å²) in [6, 6.07) is 4.59. The first kappa shape index (κ1) is 55.1. The average Bonchev–Trinajstić information content (AvgIpc) is 3.21. The number of carbonyl (C=O) groups excluding carboxylic acids is 5. The Balaban J connectivity index is 2.27. The van der Waals surface area contributed by atoms with Crippen molar-refractivity contribution in [1.29, 1.82) is 0 Å². The second-order valence-corrected chi connectivity index (χ2v) is 14.9. The van der Waals surface area contributed by atoms with E-state index in [9.17, 15) is 24.0 Å². The number of carbonyl (C=O) groups is 5. The minimum atomic E-state index is -0.991. The maximum Gasteiger partial charge on any atom is 0.312 e. The molecule has 0 unspecified atom stereocenters. The number of benzene rings is 1. The van der Waals surface area contributed by atoms with Gasteiger partial charge in [0.25, 0.3) is 0 Å². The summed E-state index contributed by atoms with van der Waals surface area (Å²) in [4.78, 5) is 62.5. The van der Waals surface area contributed by atoms with Crippen LogP contribution in [0.3, 0.4) is 0 Å². The van der Waals surface area contributed by atoms with Crippen molar-refractivity contribution in [2.75, 3.05) is 111 Å². The number of primary amides is 1. The molecule has 2 atom stereocenters. The molecule has 5 amide bonds. The Labute approximate surface area is 361 Å². The van der Waals surface area contributed by atoms with Crippen molar-refractivity contribution in [2.45, 2.75) is 85.5 Å². The first-order valence-corrected chi connectivity index (χ1v) is 21.3. The smallest absolute Gasteiger partial charge is 0.312 e. The van der Waals surface area contributed by atoms with Gasteiger partial charge in [0, 0.05) is 31.2 Å². The van der Waals surface area contributed by atoms with Gasteiger partial charge in [0.1, 0.15) is 18.7 Å². The van der Waals surface area contributed by atoms with E-state index in [0.29, 0.717) is 97.4 Å². The van der Waals surface area contributed by atoms with Gasteiger partial charge < -0.3 is 70.2 Å². The third kappa shape index (κ3) is 30.7. The summed E-state index contributed by atoms with van der Waals surface area (Å²) < 4.78 is 43.7. The second-order valence-electron chi connectivity index (χ2n) is 14.9. The van der Waals surface area contributed by atoms with E-state index in [1.165, 1.54) is 0 Å². The van der Waals surface area contributed by atoms with Crippen LogP contribution in [0.2, 0.25) is 0 Å². The summed E-state index contributed by atoms with van der Waals surface area (Å²) in [6.07, 6.45) is 0.533. The molecule has 0 aliphatic rings. The van der Waals surface area contributed by atoms with Crippen LogP contribution in [0.25, 0.3) is 0 Å². The molecule has 0 saturated heterocycles. The molecule has 1 rings (SSSR count). The third-order valence-electron chi connectivity index (χ3n) is 8.45. The number of nitrogens with one attached hydrogen (secondary N) is 5. The Morgan fingerprint density at radius 1 is 0.607 bits per heavy atom. The number of esters is 1. The molecule has 0 aliphatic heterocycles. The molecule has 0 aliphatic carbocycles. The lowest BCUT2D eigenvalue weighted by Gasteiger charge is -2.25. The number of amides is 5. The Morgan fingerprint density at radius 3 is 1.56 bits per heavy atom. The van der Waals surface area contributed by atoms with E-state index in [1.54, 1.807) is 52.0 Å². The molecule has 19 nitrogen and oxygen atoms in total. The zero-order valence-electron chi connectivity index (χ0n) is 37.2. The minimum Gasteiger partial charge on any atom is -0.461 e. The fraction of sp³-hybridized carbons (Fsp3) is 0.738.